The molecule has 29 heavy (non-hydrogen) atoms. The van der Waals surface area contributed by atoms with E-state index < -0.39 is 0 Å². The number of rotatable bonds is 4. The van der Waals surface area contributed by atoms with Gasteiger partial charge in [-0.1, -0.05) is 24.3 Å². The Labute approximate surface area is 168 Å². The van der Waals surface area contributed by atoms with Gasteiger partial charge in [-0.25, -0.2) is 0 Å². The summed E-state index contributed by atoms with van der Waals surface area (Å²) in [5, 5.41) is 2.82. The predicted octanol–water partition coefficient (Wildman–Crippen LogP) is 3.26. The molecule has 0 aromatic heterocycles. The maximum atomic E-state index is 12.9. The van der Waals surface area contributed by atoms with Gasteiger partial charge in [-0.15, -0.1) is 0 Å². The van der Waals surface area contributed by atoms with Crippen molar-refractivity contribution < 1.29 is 19.1 Å². The summed E-state index contributed by atoms with van der Waals surface area (Å²) in [7, 11) is 1.54. The van der Waals surface area contributed by atoms with E-state index in [0.29, 0.717) is 22.7 Å². The molecule has 0 unspecified atom stereocenters. The topological polar surface area (TPSA) is 75.7 Å². The van der Waals surface area contributed by atoms with Crippen LogP contribution in [0.4, 0.5) is 11.4 Å². The van der Waals surface area contributed by atoms with Gasteiger partial charge in [0.1, 0.15) is 5.75 Å². The van der Waals surface area contributed by atoms with Crippen LogP contribution < -0.4 is 15.0 Å². The highest BCUT2D eigenvalue weighted by atomic mass is 16.5. The van der Waals surface area contributed by atoms with Gasteiger partial charge in [0.2, 0.25) is 11.8 Å². The molecule has 2 aromatic rings. The smallest absolute Gasteiger partial charge is 0.255 e. The number of para-hydroxylation sites is 2. The van der Waals surface area contributed by atoms with E-state index in [1.165, 1.54) is 4.90 Å². The minimum absolute atomic E-state index is 0.122. The summed E-state index contributed by atoms with van der Waals surface area (Å²) < 4.78 is 5.25. The number of imide groups is 1. The van der Waals surface area contributed by atoms with E-state index >= 15 is 0 Å². The molecule has 6 nitrogen and oxygen atoms in total. The first-order chi connectivity index (χ1) is 14.1. The van der Waals surface area contributed by atoms with Gasteiger partial charge in [0.25, 0.3) is 5.91 Å². The molecule has 146 valence electrons. The number of carbonyl (C=O) groups excluding carboxylic acids is 3. The van der Waals surface area contributed by atoms with Gasteiger partial charge in [0.05, 0.1) is 30.3 Å². The third-order valence-corrected chi connectivity index (χ3v) is 6.21. The molecular weight excluding hydrogens is 368 g/mol. The van der Waals surface area contributed by atoms with Gasteiger partial charge in [0.15, 0.2) is 0 Å². The highest BCUT2D eigenvalue weighted by molar-refractivity contribution is 6.23. The van der Waals surface area contributed by atoms with Crippen LogP contribution in [-0.2, 0) is 9.59 Å². The SMILES string of the molecule is COc1ccccc1NC(=O)c1ccc(N2C(=O)[C@@H]3[C@H](C2=O)[C@@H]2C=C[C@H]3C2)cc1. The van der Waals surface area contributed by atoms with Crippen molar-refractivity contribution in [3.8, 4) is 5.75 Å². The Morgan fingerprint density at radius 1 is 0.966 bits per heavy atom. The molecule has 2 aromatic carbocycles. The molecule has 3 amide bonds. The molecule has 1 saturated heterocycles. The molecule has 2 aliphatic carbocycles. The Bertz CT molecular complexity index is 1010. The largest absolute Gasteiger partial charge is 0.495 e. The Morgan fingerprint density at radius 3 is 2.21 bits per heavy atom. The van der Waals surface area contributed by atoms with E-state index in [4.69, 9.17) is 4.74 Å². The van der Waals surface area contributed by atoms with E-state index in [-0.39, 0.29) is 41.4 Å². The van der Waals surface area contributed by atoms with Crippen molar-refractivity contribution in [3.63, 3.8) is 0 Å². The van der Waals surface area contributed by atoms with Crippen molar-refractivity contribution >= 4 is 29.1 Å². The minimum Gasteiger partial charge on any atom is -0.495 e. The molecule has 3 aliphatic rings. The molecule has 1 N–H and O–H groups in total. The van der Waals surface area contributed by atoms with Crippen molar-refractivity contribution in [1.29, 1.82) is 0 Å². The summed E-state index contributed by atoms with van der Waals surface area (Å²) in [6.45, 7) is 0. The summed E-state index contributed by atoms with van der Waals surface area (Å²) in [6, 6.07) is 13.7. The number of anilines is 2. The van der Waals surface area contributed by atoms with E-state index in [2.05, 4.69) is 17.5 Å². The van der Waals surface area contributed by atoms with Crippen LogP contribution in [0.15, 0.2) is 60.7 Å². The van der Waals surface area contributed by atoms with Gasteiger partial charge in [-0.05, 0) is 54.7 Å². The van der Waals surface area contributed by atoms with Gasteiger partial charge in [-0.3, -0.25) is 19.3 Å². The van der Waals surface area contributed by atoms with Gasteiger partial charge >= 0.3 is 0 Å². The fourth-order valence-electron chi connectivity index (χ4n) is 4.86. The zero-order valence-corrected chi connectivity index (χ0v) is 15.9. The number of carbonyl (C=O) groups is 3. The van der Waals surface area contributed by atoms with Crippen molar-refractivity contribution in [1.82, 2.24) is 0 Å². The Hall–Kier alpha value is -3.41. The van der Waals surface area contributed by atoms with Gasteiger partial charge in [-0.2, -0.15) is 0 Å². The number of nitrogens with zero attached hydrogens (tertiary/aromatic N) is 1. The summed E-state index contributed by atoms with van der Waals surface area (Å²) in [5.41, 5.74) is 1.52. The first-order valence-electron chi connectivity index (χ1n) is 9.69. The minimum atomic E-state index is -0.292. The van der Waals surface area contributed by atoms with E-state index in [0.717, 1.165) is 6.42 Å². The Kier molecular flexibility index (Phi) is 4.01. The molecule has 2 fully saturated rings. The second-order valence-electron chi connectivity index (χ2n) is 7.71. The number of fused-ring (bicyclic) bond motifs is 5. The van der Waals surface area contributed by atoms with Crippen LogP contribution in [0.25, 0.3) is 0 Å². The lowest BCUT2D eigenvalue weighted by molar-refractivity contribution is -0.123. The number of ether oxygens (including phenoxy) is 1. The standard InChI is InChI=1S/C23H20N2O4/c1-29-18-5-3-2-4-17(18)24-21(26)13-8-10-16(11-9-13)25-22(27)19-14-6-7-15(12-14)20(19)23(25)28/h2-11,14-15,19-20H,12H2,1H3,(H,24,26)/t14-,15+,19-,20+. The zero-order valence-electron chi connectivity index (χ0n) is 15.9. The molecule has 2 bridgehead atoms. The molecule has 0 radical (unpaired) electrons. The first-order valence-corrected chi connectivity index (χ1v) is 9.69. The van der Waals surface area contributed by atoms with E-state index in [9.17, 15) is 14.4 Å². The molecular formula is C23H20N2O4. The zero-order chi connectivity index (χ0) is 20.1. The van der Waals surface area contributed by atoms with E-state index in [1.54, 1.807) is 43.5 Å². The summed E-state index contributed by atoms with van der Waals surface area (Å²) in [6.07, 6.45) is 5.06. The van der Waals surface area contributed by atoms with Crippen LogP contribution in [0.5, 0.6) is 5.75 Å². The Balaban J connectivity index is 1.35. The van der Waals surface area contributed by atoms with Crippen molar-refractivity contribution in [2.24, 2.45) is 23.7 Å². The molecule has 4 atom stereocenters. The number of nitrogens with one attached hydrogen (secondary N) is 1. The lowest BCUT2D eigenvalue weighted by Crippen LogP contribution is -2.32. The average molecular weight is 388 g/mol. The van der Waals surface area contributed by atoms with Crippen LogP contribution in [-0.4, -0.2) is 24.8 Å². The number of benzene rings is 2. The maximum Gasteiger partial charge on any atom is 0.255 e. The number of allylic oxidation sites excluding steroid dienone is 2. The molecule has 5 rings (SSSR count). The molecule has 1 heterocycles. The second-order valence-corrected chi connectivity index (χ2v) is 7.71. The molecule has 6 heteroatoms. The number of hydrogen-bond acceptors (Lipinski definition) is 4. The second kappa shape index (κ2) is 6.58. The van der Waals surface area contributed by atoms with E-state index in [1.807, 2.05) is 12.1 Å². The lowest BCUT2D eigenvalue weighted by Gasteiger charge is -2.17. The maximum absolute atomic E-state index is 12.9. The Morgan fingerprint density at radius 2 is 1.59 bits per heavy atom. The number of methoxy groups -OCH3 is 1. The van der Waals surface area contributed by atoms with Crippen molar-refractivity contribution in [2.45, 2.75) is 6.42 Å². The fourth-order valence-corrected chi connectivity index (χ4v) is 4.86. The van der Waals surface area contributed by atoms with Crippen LogP contribution >= 0.6 is 0 Å². The summed E-state index contributed by atoms with van der Waals surface area (Å²) in [4.78, 5) is 39.7. The van der Waals surface area contributed by atoms with Crippen molar-refractivity contribution in [2.75, 3.05) is 17.3 Å². The molecule has 1 aliphatic heterocycles. The van der Waals surface area contributed by atoms with Crippen LogP contribution in [0, 0.1) is 23.7 Å². The highest BCUT2D eigenvalue weighted by Crippen LogP contribution is 2.53. The van der Waals surface area contributed by atoms with Crippen LogP contribution in [0.3, 0.4) is 0 Å². The summed E-state index contributed by atoms with van der Waals surface area (Å²) >= 11 is 0. The normalized spacial score (nSPS) is 26.7. The van der Waals surface area contributed by atoms with Crippen LogP contribution in [0.2, 0.25) is 0 Å². The van der Waals surface area contributed by atoms with Crippen LogP contribution in [0.1, 0.15) is 16.8 Å². The first kappa shape index (κ1) is 17.7. The molecule has 0 spiro atoms. The number of amides is 3. The van der Waals surface area contributed by atoms with Crippen molar-refractivity contribution in [3.05, 3.63) is 66.2 Å². The highest BCUT2D eigenvalue weighted by Gasteiger charge is 2.59. The number of hydrogen-bond donors (Lipinski definition) is 1. The fraction of sp³-hybridized carbons (Fsp3) is 0.261. The monoisotopic (exact) mass is 388 g/mol. The van der Waals surface area contributed by atoms with Gasteiger partial charge < -0.3 is 10.1 Å². The summed E-state index contributed by atoms with van der Waals surface area (Å²) in [5.74, 6) is -0.0716. The average Bonchev–Trinajstić information content (AvgIpc) is 3.42. The third-order valence-electron chi connectivity index (χ3n) is 6.21. The van der Waals surface area contributed by atoms with Gasteiger partial charge in [0, 0.05) is 5.56 Å². The quantitative estimate of drug-likeness (QED) is 0.644. The third kappa shape index (κ3) is 2.67. The lowest BCUT2D eigenvalue weighted by atomic mass is 9.85. The predicted molar refractivity (Wildman–Crippen MR) is 108 cm³/mol. The molecule has 1 saturated carbocycles.